The lowest BCUT2D eigenvalue weighted by Gasteiger charge is -2.11. The molecule has 0 aliphatic heterocycles. The molecule has 0 atom stereocenters. The van der Waals surface area contributed by atoms with Crippen molar-refractivity contribution in [3.63, 3.8) is 0 Å². The van der Waals surface area contributed by atoms with E-state index < -0.39 is 0 Å². The van der Waals surface area contributed by atoms with Crippen LogP contribution >= 0.6 is 0 Å². The van der Waals surface area contributed by atoms with Gasteiger partial charge in [0, 0.05) is 52.0 Å². The van der Waals surface area contributed by atoms with E-state index in [1.54, 1.807) is 0 Å². The first-order chi connectivity index (χ1) is 17.3. The van der Waals surface area contributed by atoms with Crippen molar-refractivity contribution in [3.8, 4) is 11.1 Å². The number of hydrogen-bond donors (Lipinski definition) is 0. The fraction of sp³-hybridized carbons (Fsp3) is 0.188. The molecule has 0 bridgehead atoms. The van der Waals surface area contributed by atoms with E-state index in [-0.39, 0.29) is 0 Å². The monoisotopic (exact) mass is 474 g/mol. The second-order valence-electron chi connectivity index (χ2n) is 9.49. The average Bonchev–Trinajstić information content (AvgIpc) is 2.87. The minimum absolute atomic E-state index is 0.980. The number of aliphatic imine (C=N–C) groups is 2. The summed E-state index contributed by atoms with van der Waals surface area (Å²) in [6.45, 7) is 4.22. The molecule has 0 saturated heterocycles. The molecule has 0 unspecified atom stereocenters. The molecule has 0 saturated carbocycles. The Morgan fingerprint density at radius 3 is 1.17 bits per heavy atom. The van der Waals surface area contributed by atoms with Gasteiger partial charge in [0.2, 0.25) is 0 Å². The third-order valence-corrected chi connectivity index (χ3v) is 6.25. The minimum atomic E-state index is 0.980. The maximum atomic E-state index is 4.72. The maximum Gasteiger partial charge on any atom is 0.0659 e. The Morgan fingerprint density at radius 2 is 0.861 bits per heavy atom. The van der Waals surface area contributed by atoms with Gasteiger partial charge in [0.25, 0.3) is 0 Å². The van der Waals surface area contributed by atoms with Gasteiger partial charge < -0.3 is 9.80 Å². The lowest BCUT2D eigenvalue weighted by Crippen LogP contribution is -2.08. The van der Waals surface area contributed by atoms with Crippen LogP contribution in [0, 0.1) is 13.8 Å². The van der Waals surface area contributed by atoms with Gasteiger partial charge in [0.15, 0.2) is 0 Å². The van der Waals surface area contributed by atoms with Crippen molar-refractivity contribution in [3.05, 3.63) is 107 Å². The Hall–Kier alpha value is -4.18. The predicted molar refractivity (Wildman–Crippen MR) is 157 cm³/mol. The molecule has 4 aromatic rings. The van der Waals surface area contributed by atoms with Crippen LogP contribution in [-0.4, -0.2) is 40.6 Å². The Labute approximate surface area is 215 Å². The summed E-state index contributed by atoms with van der Waals surface area (Å²) in [6, 6.07) is 29.6. The van der Waals surface area contributed by atoms with Crippen LogP contribution in [0.3, 0.4) is 0 Å². The van der Waals surface area contributed by atoms with Crippen LogP contribution in [0.1, 0.15) is 22.3 Å². The molecule has 0 spiro atoms. The molecule has 0 N–H and O–H groups in total. The summed E-state index contributed by atoms with van der Waals surface area (Å²) in [7, 11) is 8.17. The summed E-state index contributed by atoms with van der Waals surface area (Å²) in [5.41, 5.74) is 11.1. The van der Waals surface area contributed by atoms with Gasteiger partial charge >= 0.3 is 0 Å². The van der Waals surface area contributed by atoms with Crippen LogP contribution in [0.25, 0.3) is 11.1 Å². The lowest BCUT2D eigenvalue weighted by atomic mass is 10.00. The van der Waals surface area contributed by atoms with Crippen LogP contribution in [0.5, 0.6) is 0 Å². The van der Waals surface area contributed by atoms with Crippen molar-refractivity contribution in [2.75, 3.05) is 38.0 Å². The van der Waals surface area contributed by atoms with E-state index in [2.05, 4.69) is 109 Å². The first kappa shape index (κ1) is 24.9. The molecule has 0 radical (unpaired) electrons. The van der Waals surface area contributed by atoms with Crippen molar-refractivity contribution >= 4 is 35.2 Å². The molecular formula is C32H34N4. The van der Waals surface area contributed by atoms with Gasteiger partial charge in [-0.1, -0.05) is 36.4 Å². The van der Waals surface area contributed by atoms with Crippen molar-refractivity contribution in [1.29, 1.82) is 0 Å². The highest BCUT2D eigenvalue weighted by atomic mass is 15.1. The summed E-state index contributed by atoms with van der Waals surface area (Å²) < 4.78 is 0. The van der Waals surface area contributed by atoms with Crippen LogP contribution in [0.2, 0.25) is 0 Å². The van der Waals surface area contributed by atoms with Gasteiger partial charge in [-0.05, 0) is 95.8 Å². The highest BCUT2D eigenvalue weighted by molar-refractivity contribution is 5.84. The van der Waals surface area contributed by atoms with Crippen LogP contribution < -0.4 is 9.80 Å². The van der Waals surface area contributed by atoms with Crippen molar-refractivity contribution in [2.45, 2.75) is 13.8 Å². The molecule has 36 heavy (non-hydrogen) atoms. The largest absolute Gasteiger partial charge is 0.378 e. The average molecular weight is 475 g/mol. The third kappa shape index (κ3) is 6.08. The summed E-state index contributed by atoms with van der Waals surface area (Å²) >= 11 is 0. The number of anilines is 2. The van der Waals surface area contributed by atoms with Crippen LogP contribution in [0.4, 0.5) is 22.7 Å². The Morgan fingerprint density at radius 1 is 0.500 bits per heavy atom. The predicted octanol–water partition coefficient (Wildman–Crippen LogP) is 7.60. The van der Waals surface area contributed by atoms with Gasteiger partial charge in [0.1, 0.15) is 0 Å². The highest BCUT2D eigenvalue weighted by Gasteiger charge is 2.05. The van der Waals surface area contributed by atoms with E-state index in [1.165, 1.54) is 22.5 Å². The van der Waals surface area contributed by atoms with Gasteiger partial charge in [-0.15, -0.1) is 0 Å². The SMILES string of the molecule is Cc1cc(-c2ccc(N=Cc3ccc(N(C)C)cc3)c(C)c2)ccc1N=Cc1ccc(N(C)C)cc1. The quantitative estimate of drug-likeness (QED) is 0.258. The molecule has 4 aromatic carbocycles. The molecule has 0 heterocycles. The summed E-state index contributed by atoms with van der Waals surface area (Å²) in [5, 5.41) is 0. The van der Waals surface area contributed by atoms with Gasteiger partial charge in [-0.25, -0.2) is 0 Å². The van der Waals surface area contributed by atoms with E-state index in [0.29, 0.717) is 0 Å². The Bertz CT molecular complexity index is 1270. The van der Waals surface area contributed by atoms with Crippen molar-refractivity contribution in [1.82, 2.24) is 0 Å². The number of benzene rings is 4. The number of rotatable bonds is 7. The van der Waals surface area contributed by atoms with E-state index in [0.717, 1.165) is 33.6 Å². The normalized spacial score (nSPS) is 11.4. The van der Waals surface area contributed by atoms with Gasteiger partial charge in [-0.3, -0.25) is 9.98 Å². The minimum Gasteiger partial charge on any atom is -0.378 e. The summed E-state index contributed by atoms with van der Waals surface area (Å²) in [6.07, 6.45) is 3.85. The third-order valence-electron chi connectivity index (χ3n) is 6.25. The van der Waals surface area contributed by atoms with E-state index in [4.69, 9.17) is 9.98 Å². The molecule has 4 rings (SSSR count). The van der Waals surface area contributed by atoms with Crippen LogP contribution in [-0.2, 0) is 0 Å². The van der Waals surface area contributed by atoms with Crippen molar-refractivity contribution in [2.24, 2.45) is 9.98 Å². The number of nitrogens with zero attached hydrogens (tertiary/aromatic N) is 4. The molecule has 182 valence electrons. The zero-order valence-electron chi connectivity index (χ0n) is 22.0. The molecule has 0 aliphatic rings. The van der Waals surface area contributed by atoms with Gasteiger partial charge in [-0.2, -0.15) is 0 Å². The second kappa shape index (κ2) is 11.0. The topological polar surface area (TPSA) is 31.2 Å². The maximum absolute atomic E-state index is 4.72. The molecule has 4 nitrogen and oxygen atoms in total. The van der Waals surface area contributed by atoms with Crippen molar-refractivity contribution < 1.29 is 0 Å². The van der Waals surface area contributed by atoms with Crippen LogP contribution in [0.15, 0.2) is 94.9 Å². The standard InChI is InChI=1S/C32H34N4/c1-23-19-27(11-17-31(23)33-21-25-7-13-29(14-8-25)35(3)4)28-12-18-32(24(2)20-28)34-22-26-9-15-30(16-10-26)36(5)6/h7-22H,1-6H3. The number of hydrogen-bond acceptors (Lipinski definition) is 4. The zero-order chi connectivity index (χ0) is 25.7. The highest BCUT2D eigenvalue weighted by Crippen LogP contribution is 2.30. The summed E-state index contributed by atoms with van der Waals surface area (Å²) in [5.74, 6) is 0. The fourth-order valence-electron chi connectivity index (χ4n) is 3.96. The fourth-order valence-corrected chi connectivity index (χ4v) is 3.96. The lowest BCUT2D eigenvalue weighted by molar-refractivity contribution is 1.13. The zero-order valence-corrected chi connectivity index (χ0v) is 22.0. The molecule has 4 heteroatoms. The molecular weight excluding hydrogens is 440 g/mol. The Balaban J connectivity index is 1.47. The van der Waals surface area contributed by atoms with E-state index in [9.17, 15) is 0 Å². The van der Waals surface area contributed by atoms with E-state index >= 15 is 0 Å². The molecule has 0 amide bonds. The van der Waals surface area contributed by atoms with Gasteiger partial charge in [0.05, 0.1) is 11.4 Å². The first-order valence-electron chi connectivity index (χ1n) is 12.1. The second-order valence-corrected chi connectivity index (χ2v) is 9.49. The molecule has 0 aromatic heterocycles. The Kier molecular flexibility index (Phi) is 7.65. The molecule has 0 fully saturated rings. The molecule has 0 aliphatic carbocycles. The number of aryl methyl sites for hydroxylation is 2. The smallest absolute Gasteiger partial charge is 0.0659 e. The summed E-state index contributed by atoms with van der Waals surface area (Å²) in [4.78, 5) is 13.6. The first-order valence-corrected chi connectivity index (χ1v) is 12.1. The van der Waals surface area contributed by atoms with E-state index in [1.807, 2.05) is 40.6 Å².